The van der Waals surface area contributed by atoms with Gasteiger partial charge in [-0.15, -0.1) is 0 Å². The molecule has 0 aliphatic rings. The largest absolute Gasteiger partial charge is 0.444 e. The number of ether oxygens (including phenoxy) is 1. The Hall–Kier alpha value is -3.39. The van der Waals surface area contributed by atoms with Gasteiger partial charge in [0.05, 0.1) is 6.61 Å². The highest BCUT2D eigenvalue weighted by Gasteiger charge is 2.43. The van der Waals surface area contributed by atoms with Gasteiger partial charge in [0.25, 0.3) is 0 Å². The monoisotopic (exact) mass is 511 g/mol. The number of hydrogen-bond acceptors (Lipinski definition) is 5. The highest BCUT2D eigenvalue weighted by molar-refractivity contribution is 5.92. The van der Waals surface area contributed by atoms with Gasteiger partial charge in [0, 0.05) is 12.1 Å². The Labute approximate surface area is 220 Å². The number of aliphatic hydroxyl groups is 1. The number of nitrogens with one attached hydrogen (secondary N) is 2. The predicted molar refractivity (Wildman–Crippen MR) is 144 cm³/mol. The van der Waals surface area contributed by atoms with Crippen LogP contribution in [0.25, 0.3) is 0 Å². The Bertz CT molecular complexity index is 1050. The van der Waals surface area contributed by atoms with Crippen LogP contribution in [0.4, 0.5) is 4.79 Å². The van der Waals surface area contributed by atoms with Gasteiger partial charge in [-0.2, -0.15) is 0 Å². The molecule has 0 heterocycles. The van der Waals surface area contributed by atoms with Gasteiger partial charge >= 0.3 is 6.09 Å². The molecule has 0 aliphatic carbocycles. The Morgan fingerprint density at radius 3 is 2.08 bits per heavy atom. The van der Waals surface area contributed by atoms with Crippen LogP contribution in [-0.4, -0.2) is 51.7 Å². The molecule has 2 aromatic rings. The number of benzene rings is 2. The topological polar surface area (TPSA) is 108 Å². The van der Waals surface area contributed by atoms with Crippen LogP contribution in [0, 0.1) is 6.92 Å². The first kappa shape index (κ1) is 29.8. The number of rotatable bonds is 10. The summed E-state index contributed by atoms with van der Waals surface area (Å²) in [4.78, 5) is 41.6. The van der Waals surface area contributed by atoms with Crippen LogP contribution < -0.4 is 10.6 Å². The molecule has 3 amide bonds. The summed E-state index contributed by atoms with van der Waals surface area (Å²) < 4.78 is 5.29. The van der Waals surface area contributed by atoms with Gasteiger partial charge in [0.2, 0.25) is 11.8 Å². The fourth-order valence-corrected chi connectivity index (χ4v) is 3.80. The minimum absolute atomic E-state index is 0.288. The number of hydrogen-bond donors (Lipinski definition) is 3. The number of aryl methyl sites for hydroxylation is 1. The molecule has 2 aromatic carbocycles. The standard InChI is InChI=1S/C29H41N3O5/c1-8-29(6,7)32(26(35)23(19-33)31-27(36)37-28(3,4)5)24(22-16-14-20(2)15-17-22)25(34)30-18-21-12-10-9-11-13-21/h9-17,23-24,33H,8,18-19H2,1-7H3,(H,30,34)(H,31,36). The maximum atomic E-state index is 14.0. The van der Waals surface area contributed by atoms with E-state index in [-0.39, 0.29) is 12.5 Å². The molecular formula is C29H41N3O5. The molecule has 8 heteroatoms. The summed E-state index contributed by atoms with van der Waals surface area (Å²) in [5.74, 6) is -0.947. The maximum Gasteiger partial charge on any atom is 0.408 e. The summed E-state index contributed by atoms with van der Waals surface area (Å²) in [5.41, 5.74) is 0.988. The quantitative estimate of drug-likeness (QED) is 0.442. The molecule has 8 nitrogen and oxygen atoms in total. The van der Waals surface area contributed by atoms with Crippen LogP contribution in [0.3, 0.4) is 0 Å². The average Bonchev–Trinajstić information content (AvgIpc) is 2.84. The molecule has 2 rings (SSSR count). The number of amides is 3. The first-order valence-electron chi connectivity index (χ1n) is 12.6. The van der Waals surface area contributed by atoms with Gasteiger partial charge in [-0.05, 0) is 59.1 Å². The summed E-state index contributed by atoms with van der Waals surface area (Å²) in [6.45, 7) is 12.3. The van der Waals surface area contributed by atoms with E-state index < -0.39 is 41.8 Å². The molecule has 0 saturated carbocycles. The van der Waals surface area contributed by atoms with Crippen molar-refractivity contribution in [3.63, 3.8) is 0 Å². The van der Waals surface area contributed by atoms with E-state index in [1.54, 1.807) is 20.8 Å². The molecular weight excluding hydrogens is 470 g/mol. The lowest BCUT2D eigenvalue weighted by atomic mass is 9.91. The number of nitrogens with zero attached hydrogens (tertiary/aromatic N) is 1. The van der Waals surface area contributed by atoms with Gasteiger partial charge in [0.1, 0.15) is 17.7 Å². The fraction of sp³-hybridized carbons (Fsp3) is 0.483. The van der Waals surface area contributed by atoms with E-state index in [4.69, 9.17) is 4.74 Å². The first-order chi connectivity index (χ1) is 17.3. The molecule has 0 saturated heterocycles. The van der Waals surface area contributed by atoms with Crippen molar-refractivity contribution in [2.24, 2.45) is 0 Å². The summed E-state index contributed by atoms with van der Waals surface area (Å²) in [6.07, 6.45) is -0.299. The summed E-state index contributed by atoms with van der Waals surface area (Å²) >= 11 is 0. The van der Waals surface area contributed by atoms with Crippen molar-refractivity contribution in [3.05, 3.63) is 71.3 Å². The second-order valence-electron chi connectivity index (χ2n) is 10.8. The third-order valence-corrected chi connectivity index (χ3v) is 6.14. The summed E-state index contributed by atoms with van der Waals surface area (Å²) in [7, 11) is 0. The molecule has 2 atom stereocenters. The van der Waals surface area contributed by atoms with Crippen molar-refractivity contribution in [1.82, 2.24) is 15.5 Å². The Kier molecular flexibility index (Phi) is 10.3. The van der Waals surface area contributed by atoms with Gasteiger partial charge in [-0.25, -0.2) is 4.79 Å². The van der Waals surface area contributed by atoms with E-state index in [1.165, 1.54) is 4.90 Å². The van der Waals surface area contributed by atoms with Gasteiger partial charge < -0.3 is 25.4 Å². The van der Waals surface area contributed by atoms with Crippen LogP contribution in [0.15, 0.2) is 54.6 Å². The van der Waals surface area contributed by atoms with Gasteiger partial charge in [0.15, 0.2) is 0 Å². The van der Waals surface area contributed by atoms with Crippen LogP contribution in [0.5, 0.6) is 0 Å². The zero-order chi connectivity index (χ0) is 27.8. The number of carbonyl (C=O) groups excluding carboxylic acids is 3. The lowest BCUT2D eigenvalue weighted by Crippen LogP contribution is -2.60. The van der Waals surface area contributed by atoms with E-state index in [9.17, 15) is 19.5 Å². The Balaban J connectivity index is 2.49. The van der Waals surface area contributed by atoms with Crippen LogP contribution >= 0.6 is 0 Å². The smallest absolute Gasteiger partial charge is 0.408 e. The molecule has 0 fully saturated rings. The molecule has 0 aromatic heterocycles. The van der Waals surface area contributed by atoms with E-state index in [0.29, 0.717) is 12.0 Å². The highest BCUT2D eigenvalue weighted by Crippen LogP contribution is 2.32. The minimum Gasteiger partial charge on any atom is -0.444 e. The molecule has 202 valence electrons. The Morgan fingerprint density at radius 1 is 0.973 bits per heavy atom. The summed E-state index contributed by atoms with van der Waals surface area (Å²) in [6, 6.07) is 14.6. The van der Waals surface area contributed by atoms with Crippen molar-refractivity contribution >= 4 is 17.9 Å². The van der Waals surface area contributed by atoms with E-state index >= 15 is 0 Å². The van der Waals surface area contributed by atoms with Crippen LogP contribution in [0.2, 0.25) is 0 Å². The zero-order valence-electron chi connectivity index (χ0n) is 23.0. The van der Waals surface area contributed by atoms with Gasteiger partial charge in [-0.1, -0.05) is 67.1 Å². The van der Waals surface area contributed by atoms with E-state index in [1.807, 2.05) is 82.3 Å². The van der Waals surface area contributed by atoms with Crippen molar-refractivity contribution < 1.29 is 24.2 Å². The van der Waals surface area contributed by atoms with Crippen LogP contribution in [-0.2, 0) is 20.9 Å². The normalized spacial score (nSPS) is 13.3. The maximum absolute atomic E-state index is 14.0. The second kappa shape index (κ2) is 12.7. The molecule has 0 aliphatic heterocycles. The third kappa shape index (κ3) is 8.60. The highest BCUT2D eigenvalue weighted by atomic mass is 16.6. The van der Waals surface area contributed by atoms with Gasteiger partial charge in [-0.3, -0.25) is 9.59 Å². The van der Waals surface area contributed by atoms with Crippen molar-refractivity contribution in [3.8, 4) is 0 Å². The average molecular weight is 512 g/mol. The second-order valence-corrected chi connectivity index (χ2v) is 10.8. The number of alkyl carbamates (subject to hydrolysis) is 1. The van der Waals surface area contributed by atoms with Crippen molar-refractivity contribution in [2.75, 3.05) is 6.61 Å². The lowest BCUT2D eigenvalue weighted by Gasteiger charge is -2.44. The molecule has 37 heavy (non-hydrogen) atoms. The van der Waals surface area contributed by atoms with E-state index in [0.717, 1.165) is 11.1 Å². The predicted octanol–water partition coefficient (Wildman–Crippen LogP) is 4.26. The number of aliphatic hydroxyl groups excluding tert-OH is 1. The molecule has 2 unspecified atom stereocenters. The number of carbonyl (C=O) groups is 3. The molecule has 0 bridgehead atoms. The Morgan fingerprint density at radius 2 is 1.57 bits per heavy atom. The van der Waals surface area contributed by atoms with E-state index in [2.05, 4.69) is 10.6 Å². The lowest BCUT2D eigenvalue weighted by molar-refractivity contribution is -0.150. The molecule has 0 radical (unpaired) electrons. The van der Waals surface area contributed by atoms with Crippen molar-refractivity contribution in [2.45, 2.75) is 84.7 Å². The zero-order valence-corrected chi connectivity index (χ0v) is 23.0. The van der Waals surface area contributed by atoms with Crippen molar-refractivity contribution in [1.29, 1.82) is 0 Å². The molecule has 0 spiro atoms. The minimum atomic E-state index is -1.30. The first-order valence-corrected chi connectivity index (χ1v) is 12.6. The SMILES string of the molecule is CCC(C)(C)N(C(=O)C(CO)NC(=O)OC(C)(C)C)C(C(=O)NCc1ccccc1)c1ccc(C)cc1. The van der Waals surface area contributed by atoms with Crippen LogP contribution in [0.1, 0.15) is 70.7 Å². The summed E-state index contributed by atoms with van der Waals surface area (Å²) in [5, 5.41) is 15.5. The third-order valence-electron chi connectivity index (χ3n) is 6.14. The fourth-order valence-electron chi connectivity index (χ4n) is 3.80. The molecule has 3 N–H and O–H groups in total.